The van der Waals surface area contributed by atoms with E-state index in [1.165, 1.54) is 23.5 Å². The number of alkyl halides is 3. The molecule has 35 heavy (non-hydrogen) atoms. The lowest BCUT2D eigenvalue weighted by atomic mass is 9.96. The number of carbonyl (C=O) groups is 1. The molecule has 2 N–H and O–H groups in total. The standard InChI is InChI=1S/C24H23F3N2O4S2/c1-14-2-6-16(7-3-14)21(28-35(32)33)22-20(23(30)31)18-10-11-29(13-19(18)34-22)12-15-4-8-17(9-5-15)24(25,26)27/h2-9,21,28H,10-13H2,1H3,(H,30,31)(H,32,33)/p-1. The third-order valence-electron chi connectivity index (χ3n) is 5.95. The Hall–Kier alpha value is -2.57. The fourth-order valence-corrected chi connectivity index (χ4v) is 6.22. The fraction of sp³-hybridized carbons (Fsp3) is 0.292. The van der Waals surface area contributed by atoms with Crippen LogP contribution in [0, 0.1) is 6.92 Å². The van der Waals surface area contributed by atoms with E-state index in [-0.39, 0.29) is 5.56 Å². The molecular weight excluding hydrogens is 501 g/mol. The third-order valence-corrected chi connectivity index (χ3v) is 7.66. The van der Waals surface area contributed by atoms with Gasteiger partial charge in [-0.1, -0.05) is 42.0 Å². The molecule has 2 atom stereocenters. The molecule has 0 saturated heterocycles. The van der Waals surface area contributed by atoms with Gasteiger partial charge in [-0.25, -0.2) is 9.52 Å². The van der Waals surface area contributed by atoms with Gasteiger partial charge < -0.3 is 9.66 Å². The number of carboxylic acid groups (broad SMARTS) is 1. The summed E-state index contributed by atoms with van der Waals surface area (Å²) in [6, 6.07) is 11.3. The van der Waals surface area contributed by atoms with E-state index in [1.54, 1.807) is 12.1 Å². The molecule has 186 valence electrons. The SMILES string of the molecule is Cc1ccc(C(NS(=O)[O-])c2sc3c(c2C(=O)O)CCN(Cc2ccc(C(F)(F)F)cc2)C3)cc1. The van der Waals surface area contributed by atoms with E-state index in [0.717, 1.165) is 28.1 Å². The first-order valence-electron chi connectivity index (χ1n) is 10.7. The molecule has 11 heteroatoms. The number of halogens is 3. The van der Waals surface area contributed by atoms with Crippen molar-refractivity contribution in [1.29, 1.82) is 0 Å². The minimum Gasteiger partial charge on any atom is -0.760 e. The third kappa shape index (κ3) is 5.81. The number of fused-ring (bicyclic) bond motifs is 1. The van der Waals surface area contributed by atoms with Crippen LogP contribution in [0.25, 0.3) is 0 Å². The van der Waals surface area contributed by atoms with Crippen molar-refractivity contribution >= 4 is 28.6 Å². The summed E-state index contributed by atoms with van der Waals surface area (Å²) in [7, 11) is 0. The molecular formula is C24H22F3N2O4S2-. The average Bonchev–Trinajstić information content (AvgIpc) is 3.16. The average molecular weight is 524 g/mol. The van der Waals surface area contributed by atoms with Crippen LogP contribution < -0.4 is 4.72 Å². The second kappa shape index (κ2) is 10.2. The zero-order valence-electron chi connectivity index (χ0n) is 18.6. The lowest BCUT2D eigenvalue weighted by Gasteiger charge is -2.27. The van der Waals surface area contributed by atoms with E-state index in [0.29, 0.717) is 42.1 Å². The topological polar surface area (TPSA) is 92.7 Å². The van der Waals surface area contributed by atoms with Gasteiger partial charge in [-0.15, -0.1) is 11.3 Å². The van der Waals surface area contributed by atoms with E-state index in [9.17, 15) is 31.8 Å². The van der Waals surface area contributed by atoms with Gasteiger partial charge in [-0.2, -0.15) is 13.2 Å². The maximum Gasteiger partial charge on any atom is 0.416 e. The van der Waals surface area contributed by atoms with Crippen LogP contribution in [0.15, 0.2) is 48.5 Å². The van der Waals surface area contributed by atoms with E-state index in [2.05, 4.69) is 4.72 Å². The van der Waals surface area contributed by atoms with Crippen LogP contribution in [0.1, 0.15) is 54.0 Å². The van der Waals surface area contributed by atoms with Crippen molar-refractivity contribution in [3.63, 3.8) is 0 Å². The number of nitrogens with one attached hydrogen (secondary N) is 1. The van der Waals surface area contributed by atoms with Crippen molar-refractivity contribution in [3.8, 4) is 0 Å². The zero-order chi connectivity index (χ0) is 25.3. The maximum absolute atomic E-state index is 12.8. The second-order valence-electron chi connectivity index (χ2n) is 8.40. The number of rotatable bonds is 7. The minimum atomic E-state index is -4.39. The summed E-state index contributed by atoms with van der Waals surface area (Å²) in [5, 5.41) is 10.00. The molecule has 3 aromatic rings. The highest BCUT2D eigenvalue weighted by atomic mass is 32.2. The van der Waals surface area contributed by atoms with E-state index in [4.69, 9.17) is 0 Å². The Morgan fingerprint density at radius 3 is 2.43 bits per heavy atom. The summed E-state index contributed by atoms with van der Waals surface area (Å²) in [5.74, 6) is -1.12. The van der Waals surface area contributed by atoms with Gasteiger partial charge in [0.2, 0.25) is 0 Å². The Balaban J connectivity index is 1.63. The smallest absolute Gasteiger partial charge is 0.416 e. The Kier molecular flexibility index (Phi) is 7.43. The number of carboxylic acids is 1. The van der Waals surface area contributed by atoms with Crippen LogP contribution in [0.5, 0.6) is 0 Å². The molecule has 1 aliphatic heterocycles. The number of thiophene rings is 1. The van der Waals surface area contributed by atoms with Crippen molar-refractivity contribution in [2.45, 2.75) is 38.7 Å². The van der Waals surface area contributed by atoms with Crippen molar-refractivity contribution in [2.24, 2.45) is 0 Å². The maximum atomic E-state index is 12.8. The molecule has 0 fully saturated rings. The molecule has 2 aromatic carbocycles. The van der Waals surface area contributed by atoms with Gasteiger partial charge in [0, 0.05) is 40.7 Å². The number of nitrogens with zero attached hydrogens (tertiary/aromatic N) is 1. The summed E-state index contributed by atoms with van der Waals surface area (Å²) < 4.78 is 64.1. The minimum absolute atomic E-state index is 0.114. The molecule has 1 aliphatic rings. The van der Waals surface area contributed by atoms with Crippen LogP contribution in [0.2, 0.25) is 0 Å². The Morgan fingerprint density at radius 2 is 1.86 bits per heavy atom. The van der Waals surface area contributed by atoms with Crippen molar-refractivity contribution in [3.05, 3.63) is 91.7 Å². The number of hydrogen-bond donors (Lipinski definition) is 2. The second-order valence-corrected chi connectivity index (χ2v) is 10.2. The molecule has 0 aliphatic carbocycles. The zero-order valence-corrected chi connectivity index (χ0v) is 20.2. The molecule has 0 amide bonds. The van der Waals surface area contributed by atoms with Gasteiger partial charge in [0.05, 0.1) is 17.2 Å². The molecule has 2 heterocycles. The highest BCUT2D eigenvalue weighted by Crippen LogP contribution is 2.39. The largest absolute Gasteiger partial charge is 0.760 e. The predicted octanol–water partition coefficient (Wildman–Crippen LogP) is 4.80. The molecule has 1 aromatic heterocycles. The Labute approximate surface area is 206 Å². The van der Waals surface area contributed by atoms with Crippen molar-refractivity contribution in [2.75, 3.05) is 6.54 Å². The lowest BCUT2D eigenvalue weighted by Crippen LogP contribution is -2.30. The summed E-state index contributed by atoms with van der Waals surface area (Å²) >= 11 is -1.38. The van der Waals surface area contributed by atoms with E-state index >= 15 is 0 Å². The van der Waals surface area contributed by atoms with Gasteiger partial charge in [0.1, 0.15) is 0 Å². The van der Waals surface area contributed by atoms with Gasteiger partial charge in [0.15, 0.2) is 0 Å². The lowest BCUT2D eigenvalue weighted by molar-refractivity contribution is -0.137. The number of benzene rings is 2. The quantitative estimate of drug-likeness (QED) is 0.434. The molecule has 0 spiro atoms. The monoisotopic (exact) mass is 523 g/mol. The summed E-state index contributed by atoms with van der Waals surface area (Å²) in [6.07, 6.45) is -3.95. The Morgan fingerprint density at radius 1 is 1.20 bits per heavy atom. The van der Waals surface area contributed by atoms with Gasteiger partial charge in [0.25, 0.3) is 0 Å². The first-order valence-corrected chi connectivity index (χ1v) is 12.6. The van der Waals surface area contributed by atoms with Crippen molar-refractivity contribution < 1.29 is 31.8 Å². The molecule has 6 nitrogen and oxygen atoms in total. The summed E-state index contributed by atoms with van der Waals surface area (Å²) in [6.45, 7) is 3.26. The van der Waals surface area contributed by atoms with Gasteiger partial charge >= 0.3 is 12.1 Å². The molecule has 2 unspecified atom stereocenters. The van der Waals surface area contributed by atoms with Crippen LogP contribution >= 0.6 is 11.3 Å². The van der Waals surface area contributed by atoms with E-state index in [1.807, 2.05) is 24.0 Å². The highest BCUT2D eigenvalue weighted by Gasteiger charge is 2.32. The predicted molar refractivity (Wildman–Crippen MR) is 126 cm³/mol. The van der Waals surface area contributed by atoms with Crippen LogP contribution in [0.4, 0.5) is 13.2 Å². The normalized spacial score (nSPS) is 16.0. The van der Waals surface area contributed by atoms with Gasteiger partial charge in [-0.3, -0.25) is 9.11 Å². The summed E-state index contributed by atoms with van der Waals surface area (Å²) in [5.41, 5.74) is 2.42. The molecule has 4 rings (SSSR count). The first-order chi connectivity index (χ1) is 16.5. The van der Waals surface area contributed by atoms with Crippen LogP contribution in [-0.4, -0.2) is 31.3 Å². The number of aryl methyl sites for hydroxylation is 1. The first kappa shape index (κ1) is 25.5. The molecule has 0 radical (unpaired) electrons. The van der Waals surface area contributed by atoms with Gasteiger partial charge in [-0.05, 0) is 42.2 Å². The Bertz CT molecular complexity index is 1240. The molecule has 0 saturated carbocycles. The van der Waals surface area contributed by atoms with Crippen molar-refractivity contribution in [1.82, 2.24) is 9.62 Å². The van der Waals surface area contributed by atoms with Crippen LogP contribution in [-0.2, 0) is 37.0 Å². The number of aromatic carboxylic acids is 1. The molecule has 0 bridgehead atoms. The number of hydrogen-bond acceptors (Lipinski definition) is 5. The van der Waals surface area contributed by atoms with E-state index < -0.39 is 35.0 Å². The highest BCUT2D eigenvalue weighted by molar-refractivity contribution is 7.77. The fourth-order valence-electron chi connectivity index (χ4n) is 4.24. The summed E-state index contributed by atoms with van der Waals surface area (Å²) in [4.78, 5) is 15.5. The van der Waals surface area contributed by atoms with Crippen LogP contribution in [0.3, 0.4) is 0 Å².